The Kier molecular flexibility index (Phi) is 6.14. The highest BCUT2D eigenvalue weighted by Crippen LogP contribution is 2.41. The molecule has 2 fully saturated rings. The summed E-state index contributed by atoms with van der Waals surface area (Å²) in [5.74, 6) is 0.966. The lowest BCUT2D eigenvalue weighted by Gasteiger charge is -2.38. The van der Waals surface area contributed by atoms with Gasteiger partial charge in [-0.3, -0.25) is 9.89 Å². The molecule has 1 saturated heterocycles. The van der Waals surface area contributed by atoms with E-state index in [0.717, 1.165) is 43.9 Å². The number of nitrogens with zero attached hydrogens (tertiary/aromatic N) is 2. The number of guanidine groups is 1. The summed E-state index contributed by atoms with van der Waals surface area (Å²) < 4.78 is 14.0. The molecule has 4 rings (SSSR count). The van der Waals surface area contributed by atoms with E-state index in [2.05, 4.69) is 57.8 Å². The minimum absolute atomic E-state index is 0.107. The fourth-order valence-electron chi connectivity index (χ4n) is 4.42. The smallest absolute Gasteiger partial charge is 0.191 e. The Labute approximate surface area is 173 Å². The molecular formula is C24H31FN4. The van der Waals surface area contributed by atoms with E-state index in [1.807, 2.05) is 19.2 Å². The summed E-state index contributed by atoms with van der Waals surface area (Å²) >= 11 is 0. The molecule has 29 heavy (non-hydrogen) atoms. The molecule has 4 nitrogen and oxygen atoms in total. The van der Waals surface area contributed by atoms with Gasteiger partial charge in [-0.1, -0.05) is 48.5 Å². The van der Waals surface area contributed by atoms with Crippen molar-refractivity contribution in [2.45, 2.75) is 56.8 Å². The van der Waals surface area contributed by atoms with Crippen LogP contribution < -0.4 is 10.6 Å². The van der Waals surface area contributed by atoms with Gasteiger partial charge in [-0.2, -0.15) is 0 Å². The van der Waals surface area contributed by atoms with E-state index in [9.17, 15) is 4.39 Å². The summed E-state index contributed by atoms with van der Waals surface area (Å²) in [6, 6.07) is 19.0. The third-order valence-electron chi connectivity index (χ3n) is 6.22. The molecule has 2 N–H and O–H groups in total. The number of halogens is 1. The summed E-state index contributed by atoms with van der Waals surface area (Å²) in [6.07, 6.45) is 3.14. The van der Waals surface area contributed by atoms with Gasteiger partial charge in [-0.05, 0) is 43.4 Å². The highest BCUT2D eigenvalue weighted by atomic mass is 19.1. The number of nitrogens with one attached hydrogen (secondary N) is 2. The van der Waals surface area contributed by atoms with Gasteiger partial charge in [0.15, 0.2) is 5.96 Å². The van der Waals surface area contributed by atoms with Crippen molar-refractivity contribution in [2.75, 3.05) is 13.6 Å². The van der Waals surface area contributed by atoms with E-state index in [4.69, 9.17) is 0 Å². The maximum absolute atomic E-state index is 14.0. The zero-order valence-corrected chi connectivity index (χ0v) is 17.3. The van der Waals surface area contributed by atoms with E-state index < -0.39 is 0 Å². The number of benzene rings is 2. The van der Waals surface area contributed by atoms with Crippen molar-refractivity contribution in [2.24, 2.45) is 4.99 Å². The van der Waals surface area contributed by atoms with Gasteiger partial charge in [0.25, 0.3) is 0 Å². The molecule has 2 aliphatic rings. The van der Waals surface area contributed by atoms with E-state index in [1.54, 1.807) is 12.1 Å². The van der Waals surface area contributed by atoms with Crippen LogP contribution >= 0.6 is 0 Å². The first-order valence-electron chi connectivity index (χ1n) is 10.7. The van der Waals surface area contributed by atoms with Gasteiger partial charge in [-0.15, -0.1) is 0 Å². The molecular weight excluding hydrogens is 363 g/mol. The van der Waals surface area contributed by atoms with Crippen LogP contribution in [0, 0.1) is 5.82 Å². The molecule has 154 valence electrons. The van der Waals surface area contributed by atoms with Crippen molar-refractivity contribution in [3.8, 4) is 0 Å². The monoisotopic (exact) mass is 394 g/mol. The minimum atomic E-state index is -0.107. The van der Waals surface area contributed by atoms with E-state index in [1.165, 1.54) is 5.56 Å². The third kappa shape index (κ3) is 4.96. The van der Waals surface area contributed by atoms with E-state index in [-0.39, 0.29) is 17.8 Å². The number of rotatable bonds is 5. The van der Waals surface area contributed by atoms with Gasteiger partial charge in [0, 0.05) is 44.2 Å². The predicted molar refractivity (Wildman–Crippen MR) is 117 cm³/mol. The third-order valence-corrected chi connectivity index (χ3v) is 6.22. The van der Waals surface area contributed by atoms with Gasteiger partial charge in [0.1, 0.15) is 5.82 Å². The Morgan fingerprint density at radius 3 is 2.55 bits per heavy atom. The predicted octanol–water partition coefficient (Wildman–Crippen LogP) is 3.90. The molecule has 0 aromatic heterocycles. The van der Waals surface area contributed by atoms with Crippen LogP contribution in [0.15, 0.2) is 59.6 Å². The Morgan fingerprint density at radius 1 is 1.07 bits per heavy atom. The summed E-state index contributed by atoms with van der Waals surface area (Å²) in [5, 5.41) is 7.09. The average molecular weight is 395 g/mol. The van der Waals surface area contributed by atoms with Crippen LogP contribution in [0.1, 0.15) is 43.2 Å². The quantitative estimate of drug-likeness (QED) is 0.597. The second kappa shape index (κ2) is 8.95. The molecule has 1 aliphatic heterocycles. The van der Waals surface area contributed by atoms with Crippen LogP contribution in [0.25, 0.3) is 0 Å². The Balaban J connectivity index is 1.26. The van der Waals surface area contributed by atoms with E-state index in [0.29, 0.717) is 12.1 Å². The van der Waals surface area contributed by atoms with Gasteiger partial charge in [0.2, 0.25) is 0 Å². The fraction of sp³-hybridized carbons (Fsp3) is 0.458. The zero-order chi connectivity index (χ0) is 20.2. The standard InChI is InChI=1S/C24H31FN4/c1-17-14-19(12-13-29(17)16-18-8-4-3-5-9-18)27-24(26-2)28-23-15-21(23)20-10-6-7-11-22(20)25/h3-11,17,19,21,23H,12-16H2,1-2H3,(H2,26,27,28). The van der Waals surface area contributed by atoms with Crippen molar-refractivity contribution in [3.63, 3.8) is 0 Å². The molecule has 0 bridgehead atoms. The second-order valence-corrected chi connectivity index (χ2v) is 8.36. The molecule has 4 unspecified atom stereocenters. The van der Waals surface area contributed by atoms with Gasteiger partial charge < -0.3 is 10.6 Å². The molecule has 5 heteroatoms. The number of hydrogen-bond acceptors (Lipinski definition) is 2. The SMILES string of the molecule is CN=C(NC1CCN(Cc2ccccc2)C(C)C1)NC1CC1c1ccccc1F. The van der Waals surface area contributed by atoms with Crippen molar-refractivity contribution in [3.05, 3.63) is 71.5 Å². The largest absolute Gasteiger partial charge is 0.354 e. The van der Waals surface area contributed by atoms with Gasteiger partial charge >= 0.3 is 0 Å². The molecule has 0 radical (unpaired) electrons. The van der Waals surface area contributed by atoms with Crippen LogP contribution in [-0.2, 0) is 6.54 Å². The lowest BCUT2D eigenvalue weighted by molar-refractivity contribution is 0.134. The highest BCUT2D eigenvalue weighted by molar-refractivity contribution is 5.80. The first kappa shape index (κ1) is 19.9. The van der Waals surface area contributed by atoms with Crippen LogP contribution in [0.4, 0.5) is 4.39 Å². The first-order valence-corrected chi connectivity index (χ1v) is 10.7. The van der Waals surface area contributed by atoms with Crippen molar-refractivity contribution >= 4 is 5.96 Å². The minimum Gasteiger partial charge on any atom is -0.354 e. The molecule has 4 atom stereocenters. The lowest BCUT2D eigenvalue weighted by atomic mass is 9.97. The maximum Gasteiger partial charge on any atom is 0.191 e. The molecule has 0 spiro atoms. The zero-order valence-electron chi connectivity index (χ0n) is 17.3. The van der Waals surface area contributed by atoms with E-state index >= 15 is 0 Å². The Morgan fingerprint density at radius 2 is 1.83 bits per heavy atom. The topological polar surface area (TPSA) is 39.7 Å². The van der Waals surface area contributed by atoms with Crippen LogP contribution in [0.2, 0.25) is 0 Å². The first-order chi connectivity index (χ1) is 14.1. The molecule has 2 aromatic carbocycles. The fourth-order valence-corrected chi connectivity index (χ4v) is 4.42. The summed E-state index contributed by atoms with van der Waals surface area (Å²) in [7, 11) is 1.81. The number of likely N-dealkylation sites (tertiary alicyclic amines) is 1. The number of piperidine rings is 1. The Bertz CT molecular complexity index is 838. The molecule has 0 amide bonds. The maximum atomic E-state index is 14.0. The summed E-state index contributed by atoms with van der Waals surface area (Å²) in [4.78, 5) is 6.97. The highest BCUT2D eigenvalue weighted by Gasteiger charge is 2.40. The number of aliphatic imine (C=N–C) groups is 1. The summed E-state index contributed by atoms with van der Waals surface area (Å²) in [6.45, 7) is 4.39. The molecule has 1 heterocycles. The van der Waals surface area contributed by atoms with Crippen molar-refractivity contribution in [1.29, 1.82) is 0 Å². The van der Waals surface area contributed by atoms with Crippen LogP contribution in [0.3, 0.4) is 0 Å². The Hall–Kier alpha value is -2.40. The second-order valence-electron chi connectivity index (χ2n) is 8.36. The van der Waals surface area contributed by atoms with Crippen molar-refractivity contribution < 1.29 is 4.39 Å². The lowest BCUT2D eigenvalue weighted by Crippen LogP contribution is -2.51. The van der Waals surface area contributed by atoms with Crippen LogP contribution in [0.5, 0.6) is 0 Å². The number of hydrogen-bond donors (Lipinski definition) is 2. The van der Waals surface area contributed by atoms with Gasteiger partial charge in [-0.25, -0.2) is 4.39 Å². The summed E-state index contributed by atoms with van der Waals surface area (Å²) in [5.41, 5.74) is 2.18. The normalized spacial score (nSPS) is 27.5. The van der Waals surface area contributed by atoms with Gasteiger partial charge in [0.05, 0.1) is 0 Å². The van der Waals surface area contributed by atoms with Crippen LogP contribution in [-0.4, -0.2) is 42.6 Å². The van der Waals surface area contributed by atoms with Crippen molar-refractivity contribution in [1.82, 2.24) is 15.5 Å². The molecule has 2 aromatic rings. The molecule has 1 aliphatic carbocycles. The molecule has 1 saturated carbocycles. The average Bonchev–Trinajstić information content (AvgIpc) is 3.49.